The second kappa shape index (κ2) is 11.2. The van der Waals surface area contributed by atoms with Crippen molar-refractivity contribution < 1.29 is 40.3 Å². The van der Waals surface area contributed by atoms with E-state index in [2.05, 4.69) is 4.90 Å². The highest BCUT2D eigenvalue weighted by Crippen LogP contribution is 2.47. The number of carbonyl (C=O) groups is 2. The molecule has 2 unspecified atom stereocenters. The van der Waals surface area contributed by atoms with Gasteiger partial charge in [-0.25, -0.2) is 9.18 Å². The molecule has 0 N–H and O–H groups in total. The van der Waals surface area contributed by atoms with Gasteiger partial charge in [0.05, 0.1) is 23.2 Å². The van der Waals surface area contributed by atoms with E-state index in [-0.39, 0.29) is 30.2 Å². The fourth-order valence-electron chi connectivity index (χ4n) is 6.80. The number of piperidine rings is 1. The number of aryl methyl sites for hydroxylation is 1. The van der Waals surface area contributed by atoms with Gasteiger partial charge in [0.15, 0.2) is 5.78 Å². The van der Waals surface area contributed by atoms with Crippen molar-refractivity contribution in [2.45, 2.75) is 57.5 Å². The molecule has 1 aliphatic carbocycles. The standard InChI is InChI=1S/C31H32F7N3O2/c1-17-12-21(32)5-9-24(17)28-26-16-40(22-6-7-23(42)14-22)15-19(26)10-11-41(28)29(43)39(3)18(2)25-8-4-20(30(33,34)35)13-27(25)31(36,37)38/h4-5,8-9,12-14,18-19,26,28H,6-7,10-11,15-16H2,1-3H3/t18?,19?,26-,28+/m1/s1. The van der Waals surface area contributed by atoms with Crippen LogP contribution in [-0.4, -0.2) is 53.2 Å². The van der Waals surface area contributed by atoms with Crippen LogP contribution in [0.2, 0.25) is 0 Å². The van der Waals surface area contributed by atoms with Crippen LogP contribution in [0.1, 0.15) is 66.1 Å². The molecule has 12 heteroatoms. The van der Waals surface area contributed by atoms with Gasteiger partial charge < -0.3 is 14.7 Å². The van der Waals surface area contributed by atoms with Gasteiger partial charge in [-0.15, -0.1) is 0 Å². The Morgan fingerprint density at radius 1 is 1.00 bits per heavy atom. The molecule has 0 radical (unpaired) electrons. The summed E-state index contributed by atoms with van der Waals surface area (Å²) < 4.78 is 95.7. The Kier molecular flexibility index (Phi) is 8.02. The highest BCUT2D eigenvalue weighted by atomic mass is 19.4. The van der Waals surface area contributed by atoms with E-state index >= 15 is 0 Å². The molecule has 2 fully saturated rings. The number of nitrogens with zero attached hydrogens (tertiary/aromatic N) is 3. The summed E-state index contributed by atoms with van der Waals surface area (Å²) in [5, 5.41) is 0. The van der Waals surface area contributed by atoms with E-state index in [1.165, 1.54) is 26.1 Å². The number of likely N-dealkylation sites (tertiary alicyclic amines) is 2. The van der Waals surface area contributed by atoms with Crippen molar-refractivity contribution in [2.24, 2.45) is 11.8 Å². The van der Waals surface area contributed by atoms with Gasteiger partial charge in [-0.3, -0.25) is 4.79 Å². The van der Waals surface area contributed by atoms with E-state index in [1.54, 1.807) is 24.0 Å². The van der Waals surface area contributed by atoms with E-state index in [4.69, 9.17) is 0 Å². The van der Waals surface area contributed by atoms with Crippen molar-refractivity contribution in [3.63, 3.8) is 0 Å². The van der Waals surface area contributed by atoms with Crippen molar-refractivity contribution >= 4 is 11.8 Å². The Hall–Kier alpha value is -3.57. The van der Waals surface area contributed by atoms with Gasteiger partial charge >= 0.3 is 18.4 Å². The molecule has 2 aliphatic heterocycles. The molecule has 0 saturated carbocycles. The van der Waals surface area contributed by atoms with Crippen LogP contribution in [0.4, 0.5) is 35.5 Å². The van der Waals surface area contributed by atoms with Gasteiger partial charge in [0.25, 0.3) is 0 Å². The van der Waals surface area contributed by atoms with Crippen LogP contribution < -0.4 is 0 Å². The van der Waals surface area contributed by atoms with Crippen molar-refractivity contribution in [3.8, 4) is 0 Å². The zero-order chi connectivity index (χ0) is 31.4. The highest BCUT2D eigenvalue weighted by Gasteiger charge is 2.48. The smallest absolute Gasteiger partial charge is 0.374 e. The molecule has 43 heavy (non-hydrogen) atoms. The molecule has 4 atom stereocenters. The van der Waals surface area contributed by atoms with Gasteiger partial charge in [-0.1, -0.05) is 12.1 Å². The third-order valence-electron chi connectivity index (χ3n) is 9.15. The van der Waals surface area contributed by atoms with Gasteiger partial charge in [-0.05, 0) is 73.6 Å². The third kappa shape index (κ3) is 5.97. The minimum absolute atomic E-state index is 0.0599. The maximum Gasteiger partial charge on any atom is 0.416 e. The molecule has 2 saturated heterocycles. The number of fused-ring (bicyclic) bond motifs is 1. The largest absolute Gasteiger partial charge is 0.416 e. The van der Waals surface area contributed by atoms with Gasteiger partial charge in [-0.2, -0.15) is 26.3 Å². The monoisotopic (exact) mass is 611 g/mol. The molecule has 5 rings (SSSR count). The molecule has 3 aliphatic rings. The van der Waals surface area contributed by atoms with Crippen LogP contribution >= 0.6 is 0 Å². The number of benzene rings is 2. The van der Waals surface area contributed by atoms with E-state index in [0.717, 1.165) is 16.7 Å². The van der Waals surface area contributed by atoms with Crippen LogP contribution in [0.25, 0.3) is 0 Å². The molecular formula is C31H32F7N3O2. The molecule has 5 nitrogen and oxygen atoms in total. The van der Waals surface area contributed by atoms with E-state index in [0.29, 0.717) is 49.5 Å². The van der Waals surface area contributed by atoms with E-state index in [9.17, 15) is 40.3 Å². The summed E-state index contributed by atoms with van der Waals surface area (Å²) in [6, 6.07) is 3.43. The summed E-state index contributed by atoms with van der Waals surface area (Å²) in [7, 11) is 1.33. The normalized spacial score (nSPS) is 23.3. The lowest BCUT2D eigenvalue weighted by molar-refractivity contribution is -0.143. The third-order valence-corrected chi connectivity index (χ3v) is 9.15. The van der Waals surface area contributed by atoms with E-state index < -0.39 is 53.0 Å². The fourth-order valence-corrected chi connectivity index (χ4v) is 6.80. The first-order chi connectivity index (χ1) is 20.1. The van der Waals surface area contributed by atoms with Crippen molar-refractivity contribution in [2.75, 3.05) is 26.7 Å². The lowest BCUT2D eigenvalue weighted by atomic mass is 9.78. The molecule has 0 spiro atoms. The number of rotatable bonds is 4. The fraction of sp³-hybridized carbons (Fsp3) is 0.484. The van der Waals surface area contributed by atoms with Crippen LogP contribution in [0.3, 0.4) is 0 Å². The maximum atomic E-state index is 14.1. The Bertz CT molecular complexity index is 1450. The Morgan fingerprint density at radius 3 is 2.33 bits per heavy atom. The predicted molar refractivity (Wildman–Crippen MR) is 144 cm³/mol. The first-order valence-corrected chi connectivity index (χ1v) is 14.1. The molecule has 2 aromatic carbocycles. The SMILES string of the molecule is Cc1cc(F)ccc1[C@H]1[C@@H]2CN(C3=CC(=O)CC3)CC2CCN1C(=O)N(C)C(C)c1ccc(C(F)(F)F)cc1C(F)(F)F. The predicted octanol–water partition coefficient (Wildman–Crippen LogP) is 7.53. The molecule has 2 amide bonds. The lowest BCUT2D eigenvalue weighted by Crippen LogP contribution is -2.51. The van der Waals surface area contributed by atoms with Gasteiger partial charge in [0.2, 0.25) is 0 Å². The number of alkyl halides is 6. The molecule has 2 aromatic rings. The number of allylic oxidation sites excluding steroid dienone is 2. The molecule has 0 aromatic heterocycles. The summed E-state index contributed by atoms with van der Waals surface area (Å²) in [6.45, 7) is 4.60. The van der Waals surface area contributed by atoms with Crippen molar-refractivity contribution in [3.05, 3.63) is 81.8 Å². The molecule has 232 valence electrons. The summed E-state index contributed by atoms with van der Waals surface area (Å²) in [4.78, 5) is 30.9. The maximum absolute atomic E-state index is 14.1. The minimum atomic E-state index is -5.08. The number of urea groups is 1. The topological polar surface area (TPSA) is 43.9 Å². The van der Waals surface area contributed by atoms with Gasteiger partial charge in [0, 0.05) is 50.8 Å². The number of hydrogen-bond acceptors (Lipinski definition) is 3. The number of carbonyl (C=O) groups excluding carboxylic acids is 2. The Labute approximate surface area is 244 Å². The molecule has 0 bridgehead atoms. The average molecular weight is 612 g/mol. The average Bonchev–Trinajstić information content (AvgIpc) is 3.56. The first kappa shape index (κ1) is 30.9. The van der Waals surface area contributed by atoms with Crippen LogP contribution in [0.15, 0.2) is 48.2 Å². The minimum Gasteiger partial charge on any atom is -0.374 e. The van der Waals surface area contributed by atoms with Gasteiger partial charge in [0.1, 0.15) is 5.82 Å². The summed E-state index contributed by atoms with van der Waals surface area (Å²) in [6.07, 6.45) is -6.71. The number of ketones is 1. The summed E-state index contributed by atoms with van der Waals surface area (Å²) >= 11 is 0. The highest BCUT2D eigenvalue weighted by molar-refractivity contribution is 5.92. The number of amides is 2. The second-order valence-corrected chi connectivity index (χ2v) is 11.7. The quantitative estimate of drug-likeness (QED) is 0.336. The Balaban J connectivity index is 1.48. The molecular weight excluding hydrogens is 579 g/mol. The number of hydrogen-bond donors (Lipinski definition) is 0. The van der Waals surface area contributed by atoms with Crippen LogP contribution in [0.5, 0.6) is 0 Å². The summed E-state index contributed by atoms with van der Waals surface area (Å²) in [5.41, 5.74) is -1.05. The zero-order valence-corrected chi connectivity index (χ0v) is 23.9. The lowest BCUT2D eigenvalue weighted by Gasteiger charge is -2.45. The number of halogens is 7. The Morgan fingerprint density at radius 2 is 1.72 bits per heavy atom. The zero-order valence-electron chi connectivity index (χ0n) is 23.9. The van der Waals surface area contributed by atoms with Crippen molar-refractivity contribution in [1.29, 1.82) is 0 Å². The summed E-state index contributed by atoms with van der Waals surface area (Å²) in [5.74, 6) is -0.324. The van der Waals surface area contributed by atoms with E-state index in [1.807, 2.05) is 0 Å². The van der Waals surface area contributed by atoms with Crippen molar-refractivity contribution in [1.82, 2.24) is 14.7 Å². The first-order valence-electron chi connectivity index (χ1n) is 14.1. The molecule has 2 heterocycles. The van der Waals surface area contributed by atoms with Crippen LogP contribution in [0, 0.1) is 24.6 Å². The second-order valence-electron chi connectivity index (χ2n) is 11.7. The van der Waals surface area contributed by atoms with Crippen LogP contribution in [-0.2, 0) is 17.1 Å².